The van der Waals surface area contributed by atoms with Gasteiger partial charge >= 0.3 is 0 Å². The Morgan fingerprint density at radius 3 is 2.85 bits per heavy atom. The van der Waals surface area contributed by atoms with E-state index in [1.165, 1.54) is 0 Å². The number of imidazole rings is 1. The van der Waals surface area contributed by atoms with E-state index in [4.69, 9.17) is 0 Å². The fraction of sp³-hybridized carbons (Fsp3) is 0. The van der Waals surface area contributed by atoms with Gasteiger partial charge in [-0.3, -0.25) is 4.79 Å². The first-order chi connectivity index (χ1) is 9.63. The number of H-pyrrole nitrogens is 1. The zero-order valence-electron chi connectivity index (χ0n) is 10.2. The van der Waals surface area contributed by atoms with Crippen molar-refractivity contribution in [2.45, 2.75) is 0 Å². The number of hydrogen-bond acceptors (Lipinski definition) is 2. The average Bonchev–Trinajstić information content (AvgIpc) is 2.90. The van der Waals surface area contributed by atoms with E-state index in [1.807, 2.05) is 24.3 Å². The summed E-state index contributed by atoms with van der Waals surface area (Å²) in [7, 11) is 0. The van der Waals surface area contributed by atoms with Gasteiger partial charge in [-0.05, 0) is 52.3 Å². The van der Waals surface area contributed by atoms with Crippen molar-refractivity contribution in [3.8, 4) is 0 Å². The predicted molar refractivity (Wildman–Crippen MR) is 85.9 cm³/mol. The highest BCUT2D eigenvalue weighted by atomic mass is 79.9. The van der Waals surface area contributed by atoms with Gasteiger partial charge in [0.2, 0.25) is 0 Å². The summed E-state index contributed by atoms with van der Waals surface area (Å²) in [6, 6.07) is 11.0. The minimum absolute atomic E-state index is 0.166. The molecule has 1 amide bonds. The van der Waals surface area contributed by atoms with Crippen molar-refractivity contribution in [3.05, 3.63) is 57.2 Å². The van der Waals surface area contributed by atoms with Crippen molar-refractivity contribution in [2.75, 3.05) is 5.32 Å². The number of benzene rings is 2. The van der Waals surface area contributed by atoms with E-state index in [2.05, 4.69) is 47.1 Å². The Morgan fingerprint density at radius 1 is 1.15 bits per heavy atom. The molecular weight excluding hydrogens is 386 g/mol. The molecule has 0 saturated heterocycles. The van der Waals surface area contributed by atoms with Crippen molar-refractivity contribution in [3.63, 3.8) is 0 Å². The minimum atomic E-state index is -0.166. The lowest BCUT2D eigenvalue weighted by Gasteiger charge is -2.08. The van der Waals surface area contributed by atoms with Crippen LogP contribution in [0.4, 0.5) is 5.69 Å². The Kier molecular flexibility index (Phi) is 3.58. The van der Waals surface area contributed by atoms with E-state index in [1.54, 1.807) is 18.5 Å². The van der Waals surface area contributed by atoms with E-state index < -0.39 is 0 Å². The van der Waals surface area contributed by atoms with Crippen LogP contribution in [-0.4, -0.2) is 15.9 Å². The molecule has 0 saturated carbocycles. The number of anilines is 1. The first-order valence-electron chi connectivity index (χ1n) is 5.83. The zero-order valence-corrected chi connectivity index (χ0v) is 13.3. The zero-order chi connectivity index (χ0) is 14.1. The van der Waals surface area contributed by atoms with Gasteiger partial charge in [0.05, 0.1) is 23.0 Å². The summed E-state index contributed by atoms with van der Waals surface area (Å²) in [5.74, 6) is -0.166. The van der Waals surface area contributed by atoms with Gasteiger partial charge in [0, 0.05) is 14.5 Å². The highest BCUT2D eigenvalue weighted by Gasteiger charge is 2.10. The quantitative estimate of drug-likeness (QED) is 0.679. The highest BCUT2D eigenvalue weighted by molar-refractivity contribution is 9.11. The first-order valence-corrected chi connectivity index (χ1v) is 7.41. The van der Waals surface area contributed by atoms with Gasteiger partial charge in [0.15, 0.2) is 0 Å². The summed E-state index contributed by atoms with van der Waals surface area (Å²) in [6.45, 7) is 0. The van der Waals surface area contributed by atoms with Crippen molar-refractivity contribution in [2.24, 2.45) is 0 Å². The molecule has 2 N–H and O–H groups in total. The average molecular weight is 395 g/mol. The smallest absolute Gasteiger partial charge is 0.255 e. The molecule has 20 heavy (non-hydrogen) atoms. The first kappa shape index (κ1) is 13.3. The summed E-state index contributed by atoms with van der Waals surface area (Å²) in [4.78, 5) is 19.4. The molecule has 0 unspecified atom stereocenters. The van der Waals surface area contributed by atoms with Crippen LogP contribution in [0.1, 0.15) is 10.4 Å². The maximum Gasteiger partial charge on any atom is 0.255 e. The number of halogens is 2. The van der Waals surface area contributed by atoms with Crippen LogP contribution in [-0.2, 0) is 0 Å². The number of nitrogens with zero attached hydrogens (tertiary/aromatic N) is 1. The molecule has 3 aromatic rings. The molecule has 6 heteroatoms. The van der Waals surface area contributed by atoms with E-state index in [9.17, 15) is 4.79 Å². The van der Waals surface area contributed by atoms with Crippen molar-refractivity contribution in [1.82, 2.24) is 9.97 Å². The van der Waals surface area contributed by atoms with Gasteiger partial charge in [-0.15, -0.1) is 0 Å². The molecule has 1 aromatic heterocycles. The molecule has 0 atom stereocenters. The van der Waals surface area contributed by atoms with E-state index in [-0.39, 0.29) is 5.91 Å². The van der Waals surface area contributed by atoms with Crippen molar-refractivity contribution >= 4 is 54.5 Å². The van der Waals surface area contributed by atoms with E-state index in [0.717, 1.165) is 20.0 Å². The van der Waals surface area contributed by atoms with Gasteiger partial charge < -0.3 is 10.3 Å². The number of carbonyl (C=O) groups is 1. The second-order valence-electron chi connectivity index (χ2n) is 4.21. The predicted octanol–water partition coefficient (Wildman–Crippen LogP) is 4.34. The monoisotopic (exact) mass is 393 g/mol. The number of fused-ring (bicyclic) bond motifs is 1. The Labute approximate surface area is 131 Å². The molecule has 2 aromatic carbocycles. The fourth-order valence-electron chi connectivity index (χ4n) is 1.86. The van der Waals surface area contributed by atoms with Gasteiger partial charge in [0.1, 0.15) is 0 Å². The number of aromatic amines is 1. The lowest BCUT2D eigenvalue weighted by atomic mass is 10.2. The number of nitrogens with one attached hydrogen (secondary N) is 2. The fourth-order valence-corrected chi connectivity index (χ4v) is 2.57. The normalized spacial score (nSPS) is 10.7. The summed E-state index contributed by atoms with van der Waals surface area (Å²) in [5, 5.41) is 2.87. The van der Waals surface area contributed by atoms with Crippen LogP contribution in [0.25, 0.3) is 11.0 Å². The Morgan fingerprint density at radius 2 is 2.00 bits per heavy atom. The minimum Gasteiger partial charge on any atom is -0.345 e. The third kappa shape index (κ3) is 2.62. The maximum atomic E-state index is 12.3. The van der Waals surface area contributed by atoms with Crippen LogP contribution in [0.3, 0.4) is 0 Å². The Hall–Kier alpha value is -1.66. The molecule has 100 valence electrons. The van der Waals surface area contributed by atoms with Gasteiger partial charge in [-0.1, -0.05) is 15.9 Å². The van der Waals surface area contributed by atoms with Crippen LogP contribution >= 0.6 is 31.9 Å². The SMILES string of the molecule is O=C(Nc1cc(Br)ccc1Br)c1ccc2nc[nH]c2c1. The molecule has 1 heterocycles. The van der Waals surface area contributed by atoms with Crippen molar-refractivity contribution in [1.29, 1.82) is 0 Å². The summed E-state index contributed by atoms with van der Waals surface area (Å²) in [6.07, 6.45) is 1.61. The van der Waals surface area contributed by atoms with Crippen LogP contribution in [0.15, 0.2) is 51.7 Å². The number of hydrogen-bond donors (Lipinski definition) is 2. The third-order valence-electron chi connectivity index (χ3n) is 2.86. The summed E-state index contributed by atoms with van der Waals surface area (Å²) in [5.41, 5.74) is 2.97. The molecule has 3 rings (SSSR count). The molecule has 0 aliphatic rings. The molecule has 0 spiro atoms. The van der Waals surface area contributed by atoms with Crippen molar-refractivity contribution < 1.29 is 4.79 Å². The highest BCUT2D eigenvalue weighted by Crippen LogP contribution is 2.26. The molecular formula is C14H9Br2N3O. The van der Waals surface area contributed by atoms with E-state index >= 15 is 0 Å². The number of rotatable bonds is 2. The van der Waals surface area contributed by atoms with Gasteiger partial charge in [-0.25, -0.2) is 4.98 Å². The lowest BCUT2D eigenvalue weighted by molar-refractivity contribution is 0.102. The number of amides is 1. The van der Waals surface area contributed by atoms with Gasteiger partial charge in [-0.2, -0.15) is 0 Å². The van der Waals surface area contributed by atoms with Crippen LogP contribution in [0, 0.1) is 0 Å². The largest absolute Gasteiger partial charge is 0.345 e. The molecule has 0 radical (unpaired) electrons. The molecule has 4 nitrogen and oxygen atoms in total. The van der Waals surface area contributed by atoms with Crippen LogP contribution < -0.4 is 5.32 Å². The Bertz CT molecular complexity index is 798. The van der Waals surface area contributed by atoms with Crippen LogP contribution in [0.5, 0.6) is 0 Å². The third-order valence-corrected chi connectivity index (χ3v) is 4.04. The van der Waals surface area contributed by atoms with Gasteiger partial charge in [0.25, 0.3) is 5.91 Å². The topological polar surface area (TPSA) is 57.8 Å². The second kappa shape index (κ2) is 5.38. The number of aromatic nitrogens is 2. The number of carbonyl (C=O) groups excluding carboxylic acids is 1. The van der Waals surface area contributed by atoms with E-state index in [0.29, 0.717) is 11.3 Å². The summed E-state index contributed by atoms with van der Waals surface area (Å²) >= 11 is 6.80. The molecule has 0 aliphatic heterocycles. The standard InChI is InChI=1S/C14H9Br2N3O/c15-9-2-3-10(16)12(6-9)19-14(20)8-1-4-11-13(5-8)18-7-17-11/h1-7H,(H,17,18)(H,19,20). The molecule has 0 fully saturated rings. The molecule has 0 bridgehead atoms. The Balaban J connectivity index is 1.90. The molecule has 0 aliphatic carbocycles. The second-order valence-corrected chi connectivity index (χ2v) is 5.98. The van der Waals surface area contributed by atoms with Crippen LogP contribution in [0.2, 0.25) is 0 Å². The maximum absolute atomic E-state index is 12.3. The lowest BCUT2D eigenvalue weighted by Crippen LogP contribution is -2.12. The summed E-state index contributed by atoms with van der Waals surface area (Å²) < 4.78 is 1.73.